The number of carbonyl (C=O) groups is 3. The van der Waals surface area contributed by atoms with Gasteiger partial charge in [0, 0.05) is 19.2 Å². The van der Waals surface area contributed by atoms with E-state index in [1.54, 1.807) is 12.1 Å². The van der Waals surface area contributed by atoms with E-state index in [1.165, 1.54) is 18.3 Å². The fourth-order valence-electron chi connectivity index (χ4n) is 2.96. The van der Waals surface area contributed by atoms with Crippen LogP contribution in [0.3, 0.4) is 0 Å². The SMILES string of the molecule is O=C(Nc1ccc(F)cc1NC(=O)C1CC(=O)N(CC(F)(F)F)C1)c1ccccn1. The summed E-state index contributed by atoms with van der Waals surface area (Å²) in [5, 5.41) is 4.87. The Morgan fingerprint density at radius 2 is 1.90 bits per heavy atom. The van der Waals surface area contributed by atoms with Crippen molar-refractivity contribution in [2.24, 2.45) is 5.92 Å². The van der Waals surface area contributed by atoms with E-state index >= 15 is 0 Å². The predicted molar refractivity (Wildman–Crippen MR) is 98.0 cm³/mol. The molecule has 2 heterocycles. The van der Waals surface area contributed by atoms with E-state index in [4.69, 9.17) is 0 Å². The van der Waals surface area contributed by atoms with Gasteiger partial charge in [-0.1, -0.05) is 6.07 Å². The number of nitrogens with zero attached hydrogens (tertiary/aromatic N) is 2. The van der Waals surface area contributed by atoms with E-state index in [9.17, 15) is 31.9 Å². The number of likely N-dealkylation sites (tertiary alicyclic amines) is 1. The van der Waals surface area contributed by atoms with E-state index in [1.807, 2.05) is 0 Å². The first-order valence-corrected chi connectivity index (χ1v) is 8.80. The van der Waals surface area contributed by atoms with Crippen molar-refractivity contribution >= 4 is 29.1 Å². The minimum absolute atomic E-state index is 0.0666. The number of carbonyl (C=O) groups excluding carboxylic acids is 3. The number of alkyl halides is 3. The summed E-state index contributed by atoms with van der Waals surface area (Å²) in [6.07, 6.45) is -3.56. The minimum atomic E-state index is -4.58. The molecule has 1 aromatic heterocycles. The van der Waals surface area contributed by atoms with Gasteiger partial charge in [-0.25, -0.2) is 4.39 Å². The average molecular weight is 424 g/mol. The second-order valence-corrected chi connectivity index (χ2v) is 6.64. The molecule has 1 aromatic carbocycles. The molecule has 1 aliphatic rings. The normalized spacial score (nSPS) is 16.5. The molecule has 0 saturated carbocycles. The van der Waals surface area contributed by atoms with Gasteiger partial charge in [0.25, 0.3) is 5.91 Å². The Kier molecular flexibility index (Phi) is 5.99. The zero-order valence-electron chi connectivity index (χ0n) is 15.4. The van der Waals surface area contributed by atoms with E-state index in [0.29, 0.717) is 4.90 Å². The van der Waals surface area contributed by atoms with Crippen LogP contribution in [-0.4, -0.2) is 46.9 Å². The molecule has 0 bridgehead atoms. The van der Waals surface area contributed by atoms with Crippen LogP contribution in [0.1, 0.15) is 16.9 Å². The topological polar surface area (TPSA) is 91.4 Å². The number of halogens is 4. The molecule has 0 radical (unpaired) electrons. The molecule has 1 atom stereocenters. The second kappa shape index (κ2) is 8.47. The summed E-state index contributed by atoms with van der Waals surface area (Å²) >= 11 is 0. The molecule has 11 heteroatoms. The van der Waals surface area contributed by atoms with Crippen molar-refractivity contribution in [1.82, 2.24) is 9.88 Å². The quantitative estimate of drug-likeness (QED) is 0.723. The Morgan fingerprint density at radius 3 is 2.57 bits per heavy atom. The van der Waals surface area contributed by atoms with Crippen molar-refractivity contribution in [3.8, 4) is 0 Å². The number of rotatable bonds is 5. The summed E-state index contributed by atoms with van der Waals surface area (Å²) in [5.41, 5.74) is 0.0613. The molecule has 0 spiro atoms. The van der Waals surface area contributed by atoms with Crippen LogP contribution in [0.25, 0.3) is 0 Å². The molecule has 7 nitrogen and oxygen atoms in total. The van der Waals surface area contributed by atoms with Crippen LogP contribution in [0.15, 0.2) is 42.6 Å². The largest absolute Gasteiger partial charge is 0.406 e. The van der Waals surface area contributed by atoms with E-state index in [0.717, 1.165) is 12.1 Å². The van der Waals surface area contributed by atoms with Crippen LogP contribution in [0, 0.1) is 11.7 Å². The van der Waals surface area contributed by atoms with Crippen LogP contribution < -0.4 is 10.6 Å². The van der Waals surface area contributed by atoms with Gasteiger partial charge in [-0.05, 0) is 30.3 Å². The molecule has 3 rings (SSSR count). The molecular weight excluding hydrogens is 408 g/mol. The molecule has 2 aromatic rings. The van der Waals surface area contributed by atoms with Crippen molar-refractivity contribution in [1.29, 1.82) is 0 Å². The third kappa shape index (κ3) is 5.31. The van der Waals surface area contributed by atoms with Crippen LogP contribution in [0.5, 0.6) is 0 Å². The first kappa shape index (κ1) is 21.2. The van der Waals surface area contributed by atoms with Crippen LogP contribution in [-0.2, 0) is 9.59 Å². The van der Waals surface area contributed by atoms with Crippen LogP contribution >= 0.6 is 0 Å². The summed E-state index contributed by atoms with van der Waals surface area (Å²) in [4.78, 5) is 40.9. The molecule has 1 fully saturated rings. The standard InChI is InChI=1S/C19H16F4N4O3/c20-12-4-5-13(25-18(30)14-3-1-2-6-24-14)15(8-12)26-17(29)11-7-16(28)27(9-11)10-19(21,22)23/h1-6,8,11H,7,9-10H2,(H,25,30)(H,26,29). The highest BCUT2D eigenvalue weighted by atomic mass is 19.4. The van der Waals surface area contributed by atoms with E-state index < -0.39 is 55.1 Å². The van der Waals surface area contributed by atoms with Gasteiger partial charge in [-0.2, -0.15) is 13.2 Å². The molecule has 2 N–H and O–H groups in total. The lowest BCUT2D eigenvalue weighted by molar-refractivity contribution is -0.157. The number of anilines is 2. The summed E-state index contributed by atoms with van der Waals surface area (Å²) in [6, 6.07) is 7.91. The third-order valence-corrected chi connectivity index (χ3v) is 4.34. The third-order valence-electron chi connectivity index (χ3n) is 4.34. The minimum Gasteiger partial charge on any atom is -0.333 e. The van der Waals surface area contributed by atoms with Crippen molar-refractivity contribution in [3.05, 3.63) is 54.1 Å². The molecule has 1 unspecified atom stereocenters. The average Bonchev–Trinajstić information content (AvgIpc) is 3.03. The highest BCUT2D eigenvalue weighted by Crippen LogP contribution is 2.27. The number of hydrogen-bond acceptors (Lipinski definition) is 4. The van der Waals surface area contributed by atoms with Gasteiger partial charge < -0.3 is 15.5 Å². The van der Waals surface area contributed by atoms with E-state index in [2.05, 4.69) is 15.6 Å². The Labute approximate surface area is 168 Å². The molecule has 3 amide bonds. The number of hydrogen-bond donors (Lipinski definition) is 2. The van der Waals surface area contributed by atoms with Crippen molar-refractivity contribution in [2.45, 2.75) is 12.6 Å². The Hall–Kier alpha value is -3.50. The number of pyridine rings is 1. The smallest absolute Gasteiger partial charge is 0.333 e. The molecule has 30 heavy (non-hydrogen) atoms. The molecule has 0 aliphatic carbocycles. The van der Waals surface area contributed by atoms with Gasteiger partial charge in [0.15, 0.2) is 0 Å². The molecule has 158 valence electrons. The lowest BCUT2D eigenvalue weighted by atomic mass is 10.1. The fraction of sp³-hybridized carbons (Fsp3) is 0.263. The van der Waals surface area contributed by atoms with Crippen molar-refractivity contribution in [3.63, 3.8) is 0 Å². The molecular formula is C19H16F4N4O3. The molecule has 1 aliphatic heterocycles. The maximum atomic E-state index is 13.7. The first-order valence-electron chi connectivity index (χ1n) is 8.80. The predicted octanol–water partition coefficient (Wildman–Crippen LogP) is 2.82. The number of nitrogens with one attached hydrogen (secondary N) is 2. The van der Waals surface area contributed by atoms with Gasteiger partial charge in [-0.3, -0.25) is 19.4 Å². The zero-order chi connectivity index (χ0) is 21.9. The Bertz CT molecular complexity index is 966. The summed E-state index contributed by atoms with van der Waals surface area (Å²) < 4.78 is 51.3. The maximum absolute atomic E-state index is 13.7. The maximum Gasteiger partial charge on any atom is 0.406 e. The summed E-state index contributed by atoms with van der Waals surface area (Å²) in [6.45, 7) is -1.85. The van der Waals surface area contributed by atoms with Crippen LogP contribution in [0.4, 0.5) is 28.9 Å². The van der Waals surface area contributed by atoms with Gasteiger partial charge in [0.1, 0.15) is 18.1 Å². The van der Waals surface area contributed by atoms with Gasteiger partial charge >= 0.3 is 6.18 Å². The first-order chi connectivity index (χ1) is 14.1. The number of benzene rings is 1. The fourth-order valence-corrected chi connectivity index (χ4v) is 2.96. The van der Waals surface area contributed by atoms with Crippen molar-refractivity contribution < 1.29 is 31.9 Å². The lowest BCUT2D eigenvalue weighted by Crippen LogP contribution is -2.36. The van der Waals surface area contributed by atoms with Gasteiger partial charge in [0.2, 0.25) is 11.8 Å². The Morgan fingerprint density at radius 1 is 1.13 bits per heavy atom. The zero-order valence-corrected chi connectivity index (χ0v) is 15.4. The lowest BCUT2D eigenvalue weighted by Gasteiger charge is -2.18. The summed E-state index contributed by atoms with van der Waals surface area (Å²) in [7, 11) is 0. The van der Waals surface area contributed by atoms with Crippen molar-refractivity contribution in [2.75, 3.05) is 23.7 Å². The highest BCUT2D eigenvalue weighted by molar-refractivity contribution is 6.06. The Balaban J connectivity index is 1.72. The number of amides is 3. The van der Waals surface area contributed by atoms with Gasteiger partial charge in [0.05, 0.1) is 17.3 Å². The van der Waals surface area contributed by atoms with Gasteiger partial charge in [-0.15, -0.1) is 0 Å². The second-order valence-electron chi connectivity index (χ2n) is 6.64. The highest BCUT2D eigenvalue weighted by Gasteiger charge is 2.40. The number of aromatic nitrogens is 1. The summed E-state index contributed by atoms with van der Waals surface area (Å²) in [5.74, 6) is -3.91. The van der Waals surface area contributed by atoms with Crippen LogP contribution in [0.2, 0.25) is 0 Å². The molecule has 1 saturated heterocycles. The monoisotopic (exact) mass is 424 g/mol. The van der Waals surface area contributed by atoms with E-state index in [-0.39, 0.29) is 17.1 Å².